The van der Waals surface area contributed by atoms with Gasteiger partial charge in [-0.2, -0.15) is 0 Å². The van der Waals surface area contributed by atoms with Gasteiger partial charge in [-0.3, -0.25) is 0 Å². The van der Waals surface area contributed by atoms with E-state index >= 15 is 0 Å². The van der Waals surface area contributed by atoms with Crippen LogP contribution in [0, 0.1) is 0 Å². The van der Waals surface area contributed by atoms with E-state index in [9.17, 15) is 14.7 Å². The number of halogens is 1. The van der Waals surface area contributed by atoms with Gasteiger partial charge in [-0.05, 0) is 15.9 Å². The van der Waals surface area contributed by atoms with Crippen molar-refractivity contribution in [2.75, 3.05) is 0 Å². The highest BCUT2D eigenvalue weighted by molar-refractivity contribution is 9.12. The van der Waals surface area contributed by atoms with Gasteiger partial charge in [0.1, 0.15) is 0 Å². The van der Waals surface area contributed by atoms with E-state index in [0.717, 1.165) is 0 Å². The lowest BCUT2D eigenvalue weighted by Gasteiger charge is -1.94. The molecular formula is C4H2BrO4-. The van der Waals surface area contributed by atoms with Crippen molar-refractivity contribution >= 4 is 27.9 Å². The standard InChI is InChI=1S/C4H3BrO4/c5-2(4(8)9)1-3(6)7/h1H,(H,6,7)(H,8,9)/p-1/b2-1+. The molecule has 50 valence electrons. The number of aliphatic carboxylic acids is 2. The Bertz CT molecular complexity index is 171. The zero-order valence-electron chi connectivity index (χ0n) is 4.13. The number of carboxylic acids is 2. The fourth-order valence-corrected chi connectivity index (χ4v) is 0.363. The lowest BCUT2D eigenvalue weighted by molar-refractivity contribution is -0.298. The number of hydrogen-bond donors (Lipinski definition) is 1. The molecule has 0 aromatic carbocycles. The molecular weight excluding hydrogens is 192 g/mol. The monoisotopic (exact) mass is 193 g/mol. The molecule has 0 atom stereocenters. The summed E-state index contributed by atoms with van der Waals surface area (Å²) in [6, 6.07) is 0. The third-order valence-corrected chi connectivity index (χ3v) is 0.998. The number of rotatable bonds is 2. The molecule has 0 radical (unpaired) electrons. The number of carboxylic acid groups (broad SMARTS) is 2. The average Bonchev–Trinajstić information content (AvgIpc) is 1.63. The van der Waals surface area contributed by atoms with Crippen LogP contribution < -0.4 is 5.11 Å². The molecule has 4 nitrogen and oxygen atoms in total. The number of hydrogen-bond acceptors (Lipinski definition) is 3. The van der Waals surface area contributed by atoms with E-state index in [-0.39, 0.29) is 0 Å². The van der Waals surface area contributed by atoms with E-state index in [1.165, 1.54) is 0 Å². The van der Waals surface area contributed by atoms with Gasteiger partial charge in [0.2, 0.25) is 0 Å². The van der Waals surface area contributed by atoms with Gasteiger partial charge < -0.3 is 15.0 Å². The summed E-state index contributed by atoms with van der Waals surface area (Å²) in [5.41, 5.74) is 0. The second-order valence-corrected chi connectivity index (χ2v) is 1.97. The number of carbonyl (C=O) groups excluding carboxylic acids is 1. The van der Waals surface area contributed by atoms with Crippen LogP contribution in [0.5, 0.6) is 0 Å². The van der Waals surface area contributed by atoms with E-state index in [1.54, 1.807) is 0 Å². The highest BCUT2D eigenvalue weighted by atomic mass is 79.9. The van der Waals surface area contributed by atoms with Gasteiger partial charge in [-0.1, -0.05) is 0 Å². The summed E-state index contributed by atoms with van der Waals surface area (Å²) < 4.78 is -0.477. The van der Waals surface area contributed by atoms with Crippen LogP contribution >= 0.6 is 15.9 Å². The van der Waals surface area contributed by atoms with Gasteiger partial charge in [-0.15, -0.1) is 0 Å². The van der Waals surface area contributed by atoms with Crippen molar-refractivity contribution in [1.29, 1.82) is 0 Å². The summed E-state index contributed by atoms with van der Waals surface area (Å²) in [4.78, 5) is 19.5. The smallest absolute Gasteiger partial charge is 0.329 e. The van der Waals surface area contributed by atoms with Crippen LogP contribution in [0.4, 0.5) is 0 Å². The van der Waals surface area contributed by atoms with Gasteiger partial charge in [0.05, 0.1) is 5.97 Å². The Labute approximate surface area is 58.9 Å². The molecule has 0 fully saturated rings. The topological polar surface area (TPSA) is 77.4 Å². The second kappa shape index (κ2) is 3.24. The van der Waals surface area contributed by atoms with E-state index < -0.39 is 16.4 Å². The van der Waals surface area contributed by atoms with Crippen LogP contribution in [0.15, 0.2) is 10.6 Å². The Kier molecular flexibility index (Phi) is 2.94. The molecule has 0 unspecified atom stereocenters. The minimum absolute atomic E-state index is 0.477. The fourth-order valence-electron chi connectivity index (χ4n) is 0.167. The summed E-state index contributed by atoms with van der Waals surface area (Å²) >= 11 is 2.46. The molecule has 0 amide bonds. The third kappa shape index (κ3) is 3.72. The zero-order chi connectivity index (χ0) is 7.44. The molecule has 0 aliphatic rings. The van der Waals surface area contributed by atoms with Crippen LogP contribution in [-0.2, 0) is 9.59 Å². The van der Waals surface area contributed by atoms with Crippen LogP contribution in [0.25, 0.3) is 0 Å². The third-order valence-electron chi connectivity index (χ3n) is 0.445. The summed E-state index contributed by atoms with van der Waals surface area (Å²) in [5.74, 6) is -2.87. The lowest BCUT2D eigenvalue weighted by Crippen LogP contribution is -2.22. The minimum Gasteiger partial charge on any atom is -0.544 e. The highest BCUT2D eigenvalue weighted by Gasteiger charge is 1.94. The quantitative estimate of drug-likeness (QED) is 0.577. The zero-order valence-corrected chi connectivity index (χ0v) is 5.71. The molecule has 0 aliphatic heterocycles. The average molecular weight is 194 g/mol. The number of carbonyl (C=O) groups is 2. The SMILES string of the molecule is O=C(O)/C=C(/Br)C(=O)[O-]. The van der Waals surface area contributed by atoms with Crippen molar-refractivity contribution in [3.63, 3.8) is 0 Å². The van der Waals surface area contributed by atoms with Crippen molar-refractivity contribution in [1.82, 2.24) is 0 Å². The molecule has 1 N–H and O–H groups in total. The van der Waals surface area contributed by atoms with E-state index in [4.69, 9.17) is 5.11 Å². The van der Waals surface area contributed by atoms with Crippen molar-refractivity contribution in [2.45, 2.75) is 0 Å². The fraction of sp³-hybridized carbons (Fsp3) is 0. The first-order chi connectivity index (χ1) is 4.04. The molecule has 0 aliphatic carbocycles. The van der Waals surface area contributed by atoms with Crippen molar-refractivity contribution in [3.8, 4) is 0 Å². The normalized spacial score (nSPS) is 11.0. The Balaban J connectivity index is 4.17. The first kappa shape index (κ1) is 8.16. The molecule has 0 heterocycles. The Morgan fingerprint density at radius 3 is 2.11 bits per heavy atom. The van der Waals surface area contributed by atoms with Crippen LogP contribution in [-0.4, -0.2) is 17.0 Å². The molecule has 0 rings (SSSR count). The van der Waals surface area contributed by atoms with Crippen molar-refractivity contribution < 1.29 is 19.8 Å². The van der Waals surface area contributed by atoms with E-state index in [1.807, 2.05) is 0 Å². The lowest BCUT2D eigenvalue weighted by atomic mass is 10.5. The van der Waals surface area contributed by atoms with E-state index in [2.05, 4.69) is 15.9 Å². The maximum absolute atomic E-state index is 9.75. The minimum atomic E-state index is -1.54. The molecule has 0 spiro atoms. The van der Waals surface area contributed by atoms with Crippen LogP contribution in [0.2, 0.25) is 0 Å². The molecule has 5 heteroatoms. The molecule has 0 aromatic rings. The van der Waals surface area contributed by atoms with Gasteiger partial charge in [-0.25, -0.2) is 4.79 Å². The van der Waals surface area contributed by atoms with Gasteiger partial charge >= 0.3 is 5.97 Å². The molecule has 0 saturated carbocycles. The summed E-state index contributed by atoms with van der Waals surface area (Å²) in [6.07, 6.45) is 0.495. The summed E-state index contributed by atoms with van der Waals surface area (Å²) in [6.45, 7) is 0. The predicted octanol–water partition coefficient (Wildman–Crippen LogP) is -0.900. The molecule has 0 saturated heterocycles. The van der Waals surface area contributed by atoms with Gasteiger partial charge in [0.15, 0.2) is 0 Å². The summed E-state index contributed by atoms with van der Waals surface area (Å²) in [7, 11) is 0. The first-order valence-electron chi connectivity index (χ1n) is 1.85. The molecule has 0 bridgehead atoms. The Morgan fingerprint density at radius 2 is 2.00 bits per heavy atom. The first-order valence-corrected chi connectivity index (χ1v) is 2.65. The maximum Gasteiger partial charge on any atom is 0.329 e. The van der Waals surface area contributed by atoms with Crippen molar-refractivity contribution in [2.24, 2.45) is 0 Å². The van der Waals surface area contributed by atoms with E-state index in [0.29, 0.717) is 6.08 Å². The Hall–Kier alpha value is -0.840. The molecule has 9 heavy (non-hydrogen) atoms. The molecule has 0 aromatic heterocycles. The van der Waals surface area contributed by atoms with Crippen LogP contribution in [0.3, 0.4) is 0 Å². The second-order valence-electron chi connectivity index (χ2n) is 1.12. The summed E-state index contributed by atoms with van der Waals surface area (Å²) in [5, 5.41) is 17.7. The Morgan fingerprint density at radius 1 is 1.56 bits per heavy atom. The van der Waals surface area contributed by atoms with Gasteiger partial charge in [0, 0.05) is 10.6 Å². The van der Waals surface area contributed by atoms with Crippen molar-refractivity contribution in [3.05, 3.63) is 10.6 Å². The highest BCUT2D eigenvalue weighted by Crippen LogP contribution is 2.00. The maximum atomic E-state index is 9.75. The van der Waals surface area contributed by atoms with Crippen LogP contribution in [0.1, 0.15) is 0 Å². The largest absolute Gasteiger partial charge is 0.544 e. The predicted molar refractivity (Wildman–Crippen MR) is 29.7 cm³/mol. The van der Waals surface area contributed by atoms with Gasteiger partial charge in [0.25, 0.3) is 0 Å².